The van der Waals surface area contributed by atoms with Crippen LogP contribution in [0.4, 0.5) is 0 Å². The summed E-state index contributed by atoms with van der Waals surface area (Å²) in [4.78, 5) is 0. The molecule has 0 saturated heterocycles. The maximum absolute atomic E-state index is 8.74. The van der Waals surface area contributed by atoms with E-state index in [0.29, 0.717) is 0 Å². The van der Waals surface area contributed by atoms with Gasteiger partial charge in [-0.2, -0.15) is 0 Å². The van der Waals surface area contributed by atoms with Crippen molar-refractivity contribution in [2.24, 2.45) is 0 Å². The van der Waals surface area contributed by atoms with Crippen LogP contribution in [0.15, 0.2) is 0 Å². The maximum atomic E-state index is 8.74. The molecule has 0 radical (unpaired) electrons. The minimum absolute atomic E-state index is 0.294. The molecule has 3 nitrogen and oxygen atoms in total. The molecular weight excluding hydrogens is 132 g/mol. The van der Waals surface area contributed by atoms with Gasteiger partial charge in [0, 0.05) is 0 Å². The third-order valence-electron chi connectivity index (χ3n) is 0.636. The average molecular weight is 140 g/mol. The van der Waals surface area contributed by atoms with Crippen LogP contribution in [0, 0.1) is 23.7 Å². The molecule has 54 valence electrons. The van der Waals surface area contributed by atoms with Crippen LogP contribution in [0.3, 0.4) is 0 Å². The molecule has 3 N–H and O–H groups in total. The molecule has 0 spiro atoms. The van der Waals surface area contributed by atoms with E-state index in [-0.39, 0.29) is 13.2 Å². The minimum atomic E-state index is -1.07. The van der Waals surface area contributed by atoms with Gasteiger partial charge in [0.25, 0.3) is 0 Å². The first-order valence-corrected chi connectivity index (χ1v) is 2.68. The van der Waals surface area contributed by atoms with E-state index in [1.54, 1.807) is 0 Å². The highest BCUT2D eigenvalue weighted by Gasteiger charge is 1.86. The Hall–Kier alpha value is -1.00. The molecule has 0 aromatic rings. The summed E-state index contributed by atoms with van der Waals surface area (Å²) in [5, 5.41) is 25.1. The van der Waals surface area contributed by atoms with Crippen LogP contribution in [0.25, 0.3) is 0 Å². The fourth-order valence-electron chi connectivity index (χ4n) is 0.321. The number of rotatable bonds is 0. The van der Waals surface area contributed by atoms with Crippen LogP contribution in [0.1, 0.15) is 0 Å². The molecule has 0 aromatic heterocycles. The summed E-state index contributed by atoms with van der Waals surface area (Å²) in [6, 6.07) is 0. The van der Waals surface area contributed by atoms with E-state index in [9.17, 15) is 0 Å². The van der Waals surface area contributed by atoms with Crippen LogP contribution < -0.4 is 0 Å². The summed E-state index contributed by atoms with van der Waals surface area (Å²) in [5.74, 6) is 8.93. The van der Waals surface area contributed by atoms with E-state index in [1.165, 1.54) is 0 Å². The molecule has 0 aliphatic rings. The Morgan fingerprint density at radius 3 is 1.70 bits per heavy atom. The minimum Gasteiger partial charge on any atom is -0.384 e. The number of aliphatic hydroxyl groups excluding tert-OH is 3. The first-order valence-electron chi connectivity index (χ1n) is 2.68. The molecule has 10 heavy (non-hydrogen) atoms. The lowest BCUT2D eigenvalue weighted by Gasteiger charge is -1.86. The number of hydrogen-bond acceptors (Lipinski definition) is 3. The summed E-state index contributed by atoms with van der Waals surface area (Å²) in [6.45, 7) is -0.588. The lowest BCUT2D eigenvalue weighted by Crippen LogP contribution is -1.98. The van der Waals surface area contributed by atoms with Gasteiger partial charge in [-0.3, -0.25) is 0 Å². The predicted molar refractivity (Wildman–Crippen MR) is 35.7 cm³/mol. The van der Waals surface area contributed by atoms with Crippen LogP contribution in [0.5, 0.6) is 0 Å². The Bertz CT molecular complexity index is 166. The summed E-state index contributed by atoms with van der Waals surface area (Å²) in [6.07, 6.45) is -1.07. The molecule has 3 heteroatoms. The van der Waals surface area contributed by atoms with Crippen molar-refractivity contribution in [3.8, 4) is 23.7 Å². The fraction of sp³-hybridized carbons (Fsp3) is 0.429. The molecule has 0 bridgehead atoms. The van der Waals surface area contributed by atoms with Gasteiger partial charge >= 0.3 is 0 Å². The Balaban J connectivity index is 3.73. The molecule has 0 aromatic carbocycles. The topological polar surface area (TPSA) is 60.7 Å². The van der Waals surface area contributed by atoms with Crippen molar-refractivity contribution in [1.29, 1.82) is 0 Å². The van der Waals surface area contributed by atoms with E-state index in [0.717, 1.165) is 0 Å². The van der Waals surface area contributed by atoms with Crippen LogP contribution in [0.2, 0.25) is 0 Å². The van der Waals surface area contributed by atoms with Crippen molar-refractivity contribution in [2.75, 3.05) is 13.2 Å². The van der Waals surface area contributed by atoms with Crippen molar-refractivity contribution in [2.45, 2.75) is 6.10 Å². The van der Waals surface area contributed by atoms with Crippen molar-refractivity contribution in [3.63, 3.8) is 0 Å². The fourth-order valence-corrected chi connectivity index (χ4v) is 0.321. The predicted octanol–water partition coefficient (Wildman–Crippen LogP) is -1.66. The molecule has 0 unspecified atom stereocenters. The zero-order chi connectivity index (χ0) is 7.82. The van der Waals surface area contributed by atoms with Gasteiger partial charge < -0.3 is 15.3 Å². The molecule has 0 amide bonds. The largest absolute Gasteiger partial charge is 0.384 e. The molecule has 0 aliphatic heterocycles. The molecular formula is C7H8O3. The van der Waals surface area contributed by atoms with Crippen LogP contribution >= 0.6 is 0 Å². The van der Waals surface area contributed by atoms with Gasteiger partial charge in [0.2, 0.25) is 0 Å². The lowest BCUT2D eigenvalue weighted by atomic mass is 10.3. The van der Waals surface area contributed by atoms with Crippen molar-refractivity contribution < 1.29 is 15.3 Å². The van der Waals surface area contributed by atoms with Crippen molar-refractivity contribution in [1.82, 2.24) is 0 Å². The van der Waals surface area contributed by atoms with Gasteiger partial charge in [-0.25, -0.2) is 0 Å². The smallest absolute Gasteiger partial charge is 0.176 e. The molecule has 0 saturated carbocycles. The van der Waals surface area contributed by atoms with Gasteiger partial charge in [-0.05, 0) is 0 Å². The second-order valence-corrected chi connectivity index (χ2v) is 1.36. The quantitative estimate of drug-likeness (QED) is 0.353. The molecule has 0 aliphatic carbocycles. The zero-order valence-electron chi connectivity index (χ0n) is 5.33. The van der Waals surface area contributed by atoms with Gasteiger partial charge in [0.15, 0.2) is 6.10 Å². The van der Waals surface area contributed by atoms with Gasteiger partial charge in [0.1, 0.15) is 13.2 Å². The number of hydrogen-bond donors (Lipinski definition) is 3. The van der Waals surface area contributed by atoms with Gasteiger partial charge in [0.05, 0.1) is 0 Å². The Labute approximate surface area is 59.3 Å². The summed E-state index contributed by atoms with van der Waals surface area (Å²) in [7, 11) is 0. The summed E-state index contributed by atoms with van der Waals surface area (Å²) < 4.78 is 0. The van der Waals surface area contributed by atoms with Gasteiger partial charge in [-0.15, -0.1) is 0 Å². The summed E-state index contributed by atoms with van der Waals surface area (Å²) >= 11 is 0. The lowest BCUT2D eigenvalue weighted by molar-refractivity contribution is 0.287. The van der Waals surface area contributed by atoms with Crippen molar-refractivity contribution >= 4 is 0 Å². The van der Waals surface area contributed by atoms with Crippen LogP contribution in [-0.4, -0.2) is 34.6 Å². The van der Waals surface area contributed by atoms with E-state index < -0.39 is 6.10 Å². The Morgan fingerprint density at radius 2 is 1.40 bits per heavy atom. The van der Waals surface area contributed by atoms with E-state index in [2.05, 4.69) is 23.7 Å². The molecule has 0 fully saturated rings. The Kier molecular flexibility index (Phi) is 5.51. The maximum Gasteiger partial charge on any atom is 0.176 e. The molecule has 0 heterocycles. The Morgan fingerprint density at radius 1 is 1.00 bits per heavy atom. The SMILES string of the molecule is OCC#CC(O)C#CCO. The van der Waals surface area contributed by atoms with Crippen molar-refractivity contribution in [3.05, 3.63) is 0 Å². The van der Waals surface area contributed by atoms with E-state index >= 15 is 0 Å². The second-order valence-electron chi connectivity index (χ2n) is 1.36. The highest BCUT2D eigenvalue weighted by Crippen LogP contribution is 1.73. The standard InChI is InChI=1S/C7H8O3/c8-5-1-3-7(10)4-2-6-9/h7-10H,5-6H2. The second kappa shape index (κ2) is 6.12. The van der Waals surface area contributed by atoms with Crippen LogP contribution in [-0.2, 0) is 0 Å². The zero-order valence-corrected chi connectivity index (χ0v) is 5.33. The monoisotopic (exact) mass is 140 g/mol. The van der Waals surface area contributed by atoms with E-state index in [4.69, 9.17) is 15.3 Å². The van der Waals surface area contributed by atoms with E-state index in [1.807, 2.05) is 0 Å². The normalized spacial score (nSPS) is 7.60. The third-order valence-corrected chi connectivity index (χ3v) is 0.636. The molecule has 0 rings (SSSR count). The summed E-state index contributed by atoms with van der Waals surface area (Å²) in [5.41, 5.74) is 0. The van der Waals surface area contributed by atoms with Gasteiger partial charge in [-0.1, -0.05) is 23.7 Å². The third kappa shape index (κ3) is 5.14. The molecule has 0 atom stereocenters. The average Bonchev–Trinajstić information content (AvgIpc) is 1.97. The first-order chi connectivity index (χ1) is 4.81. The first kappa shape index (κ1) is 9.00. The highest BCUT2D eigenvalue weighted by molar-refractivity contribution is 5.19. The highest BCUT2D eigenvalue weighted by atomic mass is 16.3. The number of aliphatic hydroxyl groups is 3.